The molecular weight excluding hydrogens is 308 g/mol. The molecule has 1 aromatic heterocycles. The largest absolute Gasteiger partial charge is 0.345 e. The Kier molecular flexibility index (Phi) is 4.52. The van der Waals surface area contributed by atoms with Crippen molar-refractivity contribution in [3.63, 3.8) is 0 Å². The number of urea groups is 1. The van der Waals surface area contributed by atoms with Gasteiger partial charge in [-0.2, -0.15) is 0 Å². The molecule has 0 aliphatic carbocycles. The number of carbonyl (C=O) groups is 1. The summed E-state index contributed by atoms with van der Waals surface area (Å²) in [7, 11) is 0. The Hall–Kier alpha value is -2.08. The van der Waals surface area contributed by atoms with Crippen molar-refractivity contribution in [2.45, 2.75) is 20.8 Å². The van der Waals surface area contributed by atoms with Crippen molar-refractivity contribution in [3.8, 4) is 0 Å². The normalized spacial score (nSPS) is 14.9. The fourth-order valence-electron chi connectivity index (χ4n) is 3.04. The zero-order valence-electron chi connectivity index (χ0n) is 13.8. The highest BCUT2D eigenvalue weighted by molar-refractivity contribution is 7.13. The Bertz CT molecular complexity index is 668. The van der Waals surface area contributed by atoms with E-state index in [9.17, 15) is 4.79 Å². The lowest BCUT2D eigenvalue weighted by Gasteiger charge is -2.34. The Morgan fingerprint density at radius 1 is 1.13 bits per heavy atom. The molecule has 2 amide bonds. The van der Waals surface area contributed by atoms with Crippen LogP contribution in [-0.4, -0.2) is 42.1 Å². The van der Waals surface area contributed by atoms with E-state index in [1.54, 1.807) is 11.3 Å². The summed E-state index contributed by atoms with van der Waals surface area (Å²) >= 11 is 1.64. The van der Waals surface area contributed by atoms with Gasteiger partial charge in [0.15, 0.2) is 5.13 Å². The lowest BCUT2D eigenvalue weighted by molar-refractivity contribution is 0.208. The van der Waals surface area contributed by atoms with E-state index >= 15 is 0 Å². The van der Waals surface area contributed by atoms with Crippen LogP contribution in [0.3, 0.4) is 0 Å². The number of nitrogens with one attached hydrogen (secondary N) is 1. The maximum atomic E-state index is 12.5. The SMILES string of the molecule is Cc1cc(C)c(NC(=O)N2CCN(c3nccs3)CC2)c(C)c1. The summed E-state index contributed by atoms with van der Waals surface area (Å²) in [5, 5.41) is 6.10. The summed E-state index contributed by atoms with van der Waals surface area (Å²) in [6, 6.07) is 4.19. The maximum Gasteiger partial charge on any atom is 0.321 e. The molecule has 23 heavy (non-hydrogen) atoms. The van der Waals surface area contributed by atoms with Gasteiger partial charge in [0, 0.05) is 43.4 Å². The summed E-state index contributed by atoms with van der Waals surface area (Å²) in [5.74, 6) is 0. The first-order chi connectivity index (χ1) is 11.0. The van der Waals surface area contributed by atoms with E-state index < -0.39 is 0 Å². The lowest BCUT2D eigenvalue weighted by atomic mass is 10.1. The molecule has 0 atom stereocenters. The van der Waals surface area contributed by atoms with Crippen LogP contribution in [0.2, 0.25) is 0 Å². The van der Waals surface area contributed by atoms with Crippen LogP contribution in [0, 0.1) is 20.8 Å². The molecule has 3 rings (SSSR count). The quantitative estimate of drug-likeness (QED) is 0.918. The Balaban J connectivity index is 1.62. The van der Waals surface area contributed by atoms with E-state index in [0.29, 0.717) is 0 Å². The molecule has 0 saturated carbocycles. The van der Waals surface area contributed by atoms with Gasteiger partial charge in [0.05, 0.1) is 0 Å². The molecule has 122 valence electrons. The average Bonchev–Trinajstić information content (AvgIpc) is 3.05. The number of aromatic nitrogens is 1. The van der Waals surface area contributed by atoms with Gasteiger partial charge in [-0.3, -0.25) is 0 Å². The minimum atomic E-state index is -0.0150. The predicted octanol–water partition coefficient (Wildman–Crippen LogP) is 3.42. The van der Waals surface area contributed by atoms with Crippen LogP contribution >= 0.6 is 11.3 Å². The molecule has 5 nitrogen and oxygen atoms in total. The van der Waals surface area contributed by atoms with Crippen molar-refractivity contribution in [2.75, 3.05) is 36.4 Å². The first-order valence-electron chi connectivity index (χ1n) is 7.83. The third-order valence-electron chi connectivity index (χ3n) is 4.17. The van der Waals surface area contributed by atoms with Crippen molar-refractivity contribution >= 4 is 28.2 Å². The number of carbonyl (C=O) groups excluding carboxylic acids is 1. The maximum absolute atomic E-state index is 12.5. The van der Waals surface area contributed by atoms with E-state index in [1.807, 2.05) is 30.3 Å². The third kappa shape index (κ3) is 3.47. The molecule has 0 radical (unpaired) electrons. The number of benzene rings is 1. The molecule has 2 aromatic rings. The molecule has 0 unspecified atom stereocenters. The number of thiazole rings is 1. The molecule has 1 aromatic carbocycles. The Labute approximate surface area is 140 Å². The van der Waals surface area contributed by atoms with Crippen molar-refractivity contribution in [2.24, 2.45) is 0 Å². The topological polar surface area (TPSA) is 48.5 Å². The molecule has 0 bridgehead atoms. The van der Waals surface area contributed by atoms with Crippen LogP contribution in [0.4, 0.5) is 15.6 Å². The zero-order chi connectivity index (χ0) is 16.4. The molecule has 1 aliphatic heterocycles. The number of piperazine rings is 1. The fourth-order valence-corrected chi connectivity index (χ4v) is 3.73. The molecule has 2 heterocycles. The molecule has 1 aliphatic rings. The number of hydrogen-bond donors (Lipinski definition) is 1. The van der Waals surface area contributed by atoms with Crippen LogP contribution in [0.5, 0.6) is 0 Å². The second kappa shape index (κ2) is 6.58. The summed E-state index contributed by atoms with van der Waals surface area (Å²) in [5.41, 5.74) is 4.37. The highest BCUT2D eigenvalue weighted by Crippen LogP contribution is 2.23. The van der Waals surface area contributed by atoms with Gasteiger partial charge in [-0.25, -0.2) is 9.78 Å². The van der Waals surface area contributed by atoms with Crippen molar-refractivity contribution in [1.82, 2.24) is 9.88 Å². The van der Waals surface area contributed by atoms with E-state index in [0.717, 1.165) is 48.1 Å². The summed E-state index contributed by atoms with van der Waals surface area (Å²) in [4.78, 5) is 21.0. The molecule has 1 N–H and O–H groups in total. The number of aryl methyl sites for hydroxylation is 3. The molecule has 1 saturated heterocycles. The molecular formula is C17H22N4OS. The number of hydrogen-bond acceptors (Lipinski definition) is 4. The minimum Gasteiger partial charge on any atom is -0.345 e. The second-order valence-corrected chi connectivity index (χ2v) is 6.87. The van der Waals surface area contributed by atoms with Crippen LogP contribution in [0.25, 0.3) is 0 Å². The monoisotopic (exact) mass is 330 g/mol. The first kappa shape index (κ1) is 15.8. The summed E-state index contributed by atoms with van der Waals surface area (Å²) in [6.45, 7) is 9.24. The van der Waals surface area contributed by atoms with E-state index in [4.69, 9.17) is 0 Å². The summed E-state index contributed by atoms with van der Waals surface area (Å²) in [6.07, 6.45) is 1.82. The molecule has 6 heteroatoms. The van der Waals surface area contributed by atoms with Gasteiger partial charge in [-0.1, -0.05) is 17.7 Å². The van der Waals surface area contributed by atoms with Crippen molar-refractivity contribution < 1.29 is 4.79 Å². The highest BCUT2D eigenvalue weighted by Gasteiger charge is 2.23. The number of rotatable bonds is 2. The average molecular weight is 330 g/mol. The highest BCUT2D eigenvalue weighted by atomic mass is 32.1. The molecule has 0 spiro atoms. The van der Waals surface area contributed by atoms with Gasteiger partial charge in [-0.15, -0.1) is 11.3 Å². The van der Waals surface area contributed by atoms with Crippen molar-refractivity contribution in [1.29, 1.82) is 0 Å². The predicted molar refractivity (Wildman–Crippen MR) is 95.6 cm³/mol. The van der Waals surface area contributed by atoms with Gasteiger partial charge in [0.2, 0.25) is 0 Å². The Morgan fingerprint density at radius 3 is 2.35 bits per heavy atom. The second-order valence-electron chi connectivity index (χ2n) is 5.99. The van der Waals surface area contributed by atoms with Gasteiger partial charge in [0.25, 0.3) is 0 Å². The van der Waals surface area contributed by atoms with Gasteiger partial charge < -0.3 is 15.1 Å². The number of nitrogens with zero attached hydrogens (tertiary/aromatic N) is 3. The number of anilines is 2. The first-order valence-corrected chi connectivity index (χ1v) is 8.71. The zero-order valence-corrected chi connectivity index (χ0v) is 14.6. The van der Waals surface area contributed by atoms with Crippen LogP contribution in [0.15, 0.2) is 23.7 Å². The van der Waals surface area contributed by atoms with Crippen molar-refractivity contribution in [3.05, 3.63) is 40.4 Å². The van der Waals surface area contributed by atoms with E-state index in [2.05, 4.69) is 34.3 Å². The lowest BCUT2D eigenvalue weighted by Crippen LogP contribution is -2.50. The standard InChI is InChI=1S/C17H22N4OS/c1-12-10-13(2)15(14(3)11-12)19-16(22)20-5-7-21(8-6-20)17-18-4-9-23-17/h4,9-11H,5-8H2,1-3H3,(H,19,22). The van der Waals surface area contributed by atoms with E-state index in [-0.39, 0.29) is 6.03 Å². The summed E-state index contributed by atoms with van der Waals surface area (Å²) < 4.78 is 0. The van der Waals surface area contributed by atoms with E-state index in [1.165, 1.54) is 5.56 Å². The minimum absolute atomic E-state index is 0.0150. The third-order valence-corrected chi connectivity index (χ3v) is 5.00. The number of amides is 2. The van der Waals surface area contributed by atoms with Crippen LogP contribution < -0.4 is 10.2 Å². The van der Waals surface area contributed by atoms with Crippen LogP contribution in [0.1, 0.15) is 16.7 Å². The molecule has 1 fully saturated rings. The smallest absolute Gasteiger partial charge is 0.321 e. The Morgan fingerprint density at radius 2 is 1.78 bits per heavy atom. The van der Waals surface area contributed by atoms with Crippen LogP contribution in [-0.2, 0) is 0 Å². The van der Waals surface area contributed by atoms with Gasteiger partial charge in [-0.05, 0) is 31.9 Å². The fraction of sp³-hybridized carbons (Fsp3) is 0.412. The van der Waals surface area contributed by atoms with Gasteiger partial charge >= 0.3 is 6.03 Å². The van der Waals surface area contributed by atoms with Gasteiger partial charge in [0.1, 0.15) is 0 Å².